The summed E-state index contributed by atoms with van der Waals surface area (Å²) in [5.74, 6) is 0. The molecule has 3 nitrogen and oxygen atoms in total. The molecule has 1 rings (SSSR count). The average molecular weight is 90.0 g/mol. The summed E-state index contributed by atoms with van der Waals surface area (Å²) >= 11 is 0. The maximum Gasteiger partial charge on any atom is 1.00 e. The zero-order chi connectivity index (χ0) is 4.41. The third-order valence-corrected chi connectivity index (χ3v) is 0.473. The quantitative estimate of drug-likeness (QED) is 0.336. The van der Waals surface area contributed by atoms with Gasteiger partial charge in [-0.15, -0.1) is 0 Å². The molecule has 0 aliphatic carbocycles. The van der Waals surface area contributed by atoms with Crippen molar-refractivity contribution in [2.24, 2.45) is 0 Å². The van der Waals surface area contributed by atoms with Crippen LogP contribution in [0, 0.1) is 0 Å². The van der Waals surface area contributed by atoms with E-state index < -0.39 is 0 Å². The fourth-order valence-electron chi connectivity index (χ4n) is 0.251. The standard InChI is InChI=1S/C3H4N2O.Li/c6-3-4-1-2-5-3;/h1-2H,(H2,4,5,6);/q;+1/p-1. The van der Waals surface area contributed by atoms with Gasteiger partial charge in [-0.25, -0.2) is 0 Å². The minimum absolute atomic E-state index is 0. The molecule has 0 saturated heterocycles. The molecule has 0 bridgehead atoms. The molecule has 1 N–H and O–H groups in total. The zero-order valence-corrected chi connectivity index (χ0v) is 4.01. The van der Waals surface area contributed by atoms with Gasteiger partial charge in [-0.3, -0.25) is 4.98 Å². The molecule has 7 heavy (non-hydrogen) atoms. The van der Waals surface area contributed by atoms with Crippen molar-refractivity contribution in [2.75, 3.05) is 0 Å². The molecule has 0 unspecified atom stereocenters. The summed E-state index contributed by atoms with van der Waals surface area (Å²) in [6, 6.07) is -0.282. The Hall–Kier alpha value is -0.393. The van der Waals surface area contributed by atoms with E-state index in [1.807, 2.05) is 0 Å². The van der Waals surface area contributed by atoms with Crippen molar-refractivity contribution in [3.63, 3.8) is 0 Å². The number of H-pyrrole nitrogens is 1. The number of rotatable bonds is 0. The fourth-order valence-corrected chi connectivity index (χ4v) is 0.251. The van der Waals surface area contributed by atoms with Crippen LogP contribution in [0.15, 0.2) is 12.4 Å². The molecule has 4 heteroatoms. The van der Waals surface area contributed by atoms with Gasteiger partial charge in [-0.05, 0) is 0 Å². The second kappa shape index (κ2) is 2.73. The molecule has 1 heterocycles. The first-order valence-electron chi connectivity index (χ1n) is 1.56. The first-order valence-corrected chi connectivity index (χ1v) is 1.56. The maximum atomic E-state index is 9.90. The maximum absolute atomic E-state index is 9.90. The van der Waals surface area contributed by atoms with Crippen molar-refractivity contribution in [3.8, 4) is 6.01 Å². The van der Waals surface area contributed by atoms with E-state index in [1.54, 1.807) is 0 Å². The Labute approximate surface area is 53.0 Å². The summed E-state index contributed by atoms with van der Waals surface area (Å²) in [7, 11) is 0. The third kappa shape index (κ3) is 1.67. The predicted molar refractivity (Wildman–Crippen MR) is 18.0 cm³/mol. The van der Waals surface area contributed by atoms with E-state index in [0.29, 0.717) is 0 Å². The Kier molecular flexibility index (Phi) is 2.57. The van der Waals surface area contributed by atoms with Crippen molar-refractivity contribution in [1.82, 2.24) is 9.97 Å². The van der Waals surface area contributed by atoms with E-state index in [2.05, 4.69) is 9.97 Å². The SMILES string of the molecule is [Li+].[O-]c1ncc[nH]1. The van der Waals surface area contributed by atoms with Crippen LogP contribution in [0.4, 0.5) is 0 Å². The molecule has 1 aromatic heterocycles. The van der Waals surface area contributed by atoms with Gasteiger partial charge in [0.1, 0.15) is 0 Å². The van der Waals surface area contributed by atoms with Crippen molar-refractivity contribution in [3.05, 3.63) is 12.4 Å². The normalized spacial score (nSPS) is 7.43. The topological polar surface area (TPSA) is 51.7 Å². The van der Waals surface area contributed by atoms with Crippen molar-refractivity contribution in [2.45, 2.75) is 0 Å². The van der Waals surface area contributed by atoms with Gasteiger partial charge in [-0.2, -0.15) is 0 Å². The Morgan fingerprint density at radius 2 is 2.43 bits per heavy atom. The van der Waals surface area contributed by atoms with Gasteiger partial charge in [0.15, 0.2) is 0 Å². The van der Waals surface area contributed by atoms with Gasteiger partial charge in [0.25, 0.3) is 0 Å². The second-order valence-corrected chi connectivity index (χ2v) is 0.894. The Balaban J connectivity index is 0.000000360. The zero-order valence-electron chi connectivity index (χ0n) is 4.01. The first-order chi connectivity index (χ1) is 2.89. The van der Waals surface area contributed by atoms with Crippen LogP contribution in [0.25, 0.3) is 0 Å². The van der Waals surface area contributed by atoms with Gasteiger partial charge < -0.3 is 10.1 Å². The molecule has 0 aromatic carbocycles. The van der Waals surface area contributed by atoms with Gasteiger partial charge in [0.05, 0.1) is 6.01 Å². The van der Waals surface area contributed by atoms with Crippen LogP contribution in [0.5, 0.6) is 6.01 Å². The van der Waals surface area contributed by atoms with Crippen LogP contribution in [0.2, 0.25) is 0 Å². The van der Waals surface area contributed by atoms with Crippen LogP contribution in [-0.2, 0) is 0 Å². The number of imidazole rings is 1. The molecule has 0 radical (unpaired) electrons. The van der Waals surface area contributed by atoms with E-state index in [1.165, 1.54) is 12.4 Å². The molecule has 32 valence electrons. The molecule has 0 atom stereocenters. The minimum Gasteiger partial charge on any atom is -0.846 e. The summed E-state index contributed by atoms with van der Waals surface area (Å²) in [5, 5.41) is 9.90. The van der Waals surface area contributed by atoms with Crippen LogP contribution in [0.3, 0.4) is 0 Å². The van der Waals surface area contributed by atoms with E-state index in [-0.39, 0.29) is 24.9 Å². The van der Waals surface area contributed by atoms with Crippen LogP contribution in [-0.4, -0.2) is 9.97 Å². The summed E-state index contributed by atoms with van der Waals surface area (Å²) in [4.78, 5) is 5.64. The van der Waals surface area contributed by atoms with Crippen molar-refractivity contribution < 1.29 is 24.0 Å². The van der Waals surface area contributed by atoms with Gasteiger partial charge in [0, 0.05) is 12.4 Å². The molecule has 0 aliphatic rings. The molecule has 1 aromatic rings. The van der Waals surface area contributed by atoms with Gasteiger partial charge in [-0.1, -0.05) is 0 Å². The van der Waals surface area contributed by atoms with E-state index in [0.717, 1.165) is 0 Å². The number of nitrogens with zero attached hydrogens (tertiary/aromatic N) is 1. The molecule has 0 spiro atoms. The summed E-state index contributed by atoms with van der Waals surface area (Å²) in [5.41, 5.74) is 0. The number of aromatic nitrogens is 2. The molecule has 0 aliphatic heterocycles. The second-order valence-electron chi connectivity index (χ2n) is 0.894. The van der Waals surface area contributed by atoms with E-state index in [9.17, 15) is 5.11 Å². The number of nitrogens with one attached hydrogen (secondary N) is 1. The van der Waals surface area contributed by atoms with Gasteiger partial charge in [0.2, 0.25) is 0 Å². The summed E-state index contributed by atoms with van der Waals surface area (Å²) < 4.78 is 0. The minimum atomic E-state index is -0.282. The van der Waals surface area contributed by atoms with Crippen LogP contribution in [0.1, 0.15) is 0 Å². The van der Waals surface area contributed by atoms with Crippen molar-refractivity contribution >= 4 is 0 Å². The molecular formula is C3H3LiN2O. The smallest absolute Gasteiger partial charge is 0.846 e. The third-order valence-electron chi connectivity index (χ3n) is 0.473. The van der Waals surface area contributed by atoms with Crippen LogP contribution < -0.4 is 24.0 Å². The molecule has 0 amide bonds. The Bertz CT molecular complexity index is 116. The average Bonchev–Trinajstić information content (AvgIpc) is 1.86. The predicted octanol–water partition coefficient (Wildman–Crippen LogP) is -3.51. The summed E-state index contributed by atoms with van der Waals surface area (Å²) in [6.07, 6.45) is 2.91. The largest absolute Gasteiger partial charge is 1.00 e. The summed E-state index contributed by atoms with van der Waals surface area (Å²) in [6.45, 7) is 0. The Morgan fingerprint density at radius 1 is 1.71 bits per heavy atom. The molecule has 0 saturated carbocycles. The fraction of sp³-hybridized carbons (Fsp3) is 0. The van der Waals surface area contributed by atoms with Crippen LogP contribution >= 0.6 is 0 Å². The Morgan fingerprint density at radius 3 is 2.57 bits per heavy atom. The van der Waals surface area contributed by atoms with Crippen molar-refractivity contribution in [1.29, 1.82) is 0 Å². The van der Waals surface area contributed by atoms with E-state index >= 15 is 0 Å². The molecular weight excluding hydrogens is 87.0 g/mol. The van der Waals surface area contributed by atoms with Gasteiger partial charge >= 0.3 is 18.9 Å². The first kappa shape index (κ1) is 6.61. The number of hydrogen-bond acceptors (Lipinski definition) is 2. The number of hydrogen-bond donors (Lipinski definition) is 1. The molecule has 0 fully saturated rings. The monoisotopic (exact) mass is 90.0 g/mol. The number of aromatic amines is 1. The van der Waals surface area contributed by atoms with E-state index in [4.69, 9.17) is 0 Å².